The van der Waals surface area contributed by atoms with Crippen molar-refractivity contribution in [1.29, 1.82) is 0 Å². The van der Waals surface area contributed by atoms with Gasteiger partial charge in [0.15, 0.2) is 0 Å². The smallest absolute Gasteiger partial charge is 0.257 e. The first-order valence-corrected chi connectivity index (χ1v) is 23.1. The number of para-hydroxylation sites is 1. The first-order chi connectivity index (χ1) is 31.6. The largest absolute Gasteiger partial charge is 0.508 e. The van der Waals surface area contributed by atoms with Gasteiger partial charge in [0.25, 0.3) is 5.91 Å². The molecule has 0 bridgehead atoms. The number of aryl methyl sites for hydroxylation is 2. The van der Waals surface area contributed by atoms with Crippen molar-refractivity contribution in [1.82, 2.24) is 34.3 Å². The van der Waals surface area contributed by atoms with E-state index in [-0.39, 0.29) is 68.4 Å². The number of nitrogens with zero attached hydrogens (tertiary/aromatic N) is 8. The highest BCUT2D eigenvalue weighted by atomic mass is 16.3. The zero-order chi connectivity index (χ0) is 45.0. The van der Waals surface area contributed by atoms with Gasteiger partial charge < -0.3 is 34.6 Å². The molecule has 4 aliphatic rings. The molecule has 4 saturated heterocycles. The maximum absolute atomic E-state index is 14.8. The number of aromatic hydroxyl groups is 1. The molecule has 0 spiro atoms. The Hall–Kier alpha value is -6.51. The van der Waals surface area contributed by atoms with Crippen molar-refractivity contribution in [2.24, 2.45) is 7.05 Å². The Morgan fingerprint density at radius 1 is 0.892 bits per heavy atom. The van der Waals surface area contributed by atoms with Crippen molar-refractivity contribution in [3.05, 3.63) is 132 Å². The number of amides is 4. The molecule has 5 aromatic rings. The molecule has 4 fully saturated rings. The fraction of sp³-hybridized carbons (Fsp3) is 0.392. The lowest BCUT2D eigenvalue weighted by Crippen LogP contribution is -2.75. The Morgan fingerprint density at radius 2 is 1.66 bits per heavy atom. The summed E-state index contributed by atoms with van der Waals surface area (Å²) in [7, 11) is 1.89. The van der Waals surface area contributed by atoms with Crippen molar-refractivity contribution in [2.45, 2.75) is 76.2 Å². The minimum atomic E-state index is -0.915. The average Bonchev–Trinajstić information content (AvgIpc) is 3.68. The maximum Gasteiger partial charge on any atom is 0.257 e. The minimum absolute atomic E-state index is 0.0783. The van der Waals surface area contributed by atoms with Crippen LogP contribution in [0.2, 0.25) is 0 Å². The van der Waals surface area contributed by atoms with Crippen molar-refractivity contribution in [2.75, 3.05) is 56.0 Å². The van der Waals surface area contributed by atoms with Crippen LogP contribution < -0.4 is 10.2 Å². The lowest BCUT2D eigenvalue weighted by atomic mass is 9.97. The molecule has 2 atom stereocenters. The van der Waals surface area contributed by atoms with E-state index in [0.29, 0.717) is 23.7 Å². The Balaban J connectivity index is 0.950. The van der Waals surface area contributed by atoms with E-state index in [2.05, 4.69) is 21.7 Å². The Morgan fingerprint density at radius 3 is 2.38 bits per heavy atom. The van der Waals surface area contributed by atoms with Crippen molar-refractivity contribution in [3.63, 3.8) is 0 Å². The number of benzene rings is 3. The lowest BCUT2D eigenvalue weighted by Gasteiger charge is -2.55. The van der Waals surface area contributed by atoms with E-state index in [1.807, 2.05) is 78.5 Å². The Bertz CT molecular complexity index is 2510. The predicted molar refractivity (Wildman–Crippen MR) is 251 cm³/mol. The topological polar surface area (TPSA) is 138 Å². The fourth-order valence-corrected chi connectivity index (χ4v) is 10.4. The van der Waals surface area contributed by atoms with Crippen LogP contribution >= 0.6 is 0 Å². The number of hydrogen-bond donors (Lipinski definition) is 2. The second-order valence-corrected chi connectivity index (χ2v) is 17.9. The van der Waals surface area contributed by atoms with Crippen LogP contribution in [0.25, 0.3) is 10.9 Å². The van der Waals surface area contributed by atoms with Crippen LogP contribution in [-0.2, 0) is 40.8 Å². The summed E-state index contributed by atoms with van der Waals surface area (Å²) in [5.74, 6) is 0.0902. The molecule has 2 unspecified atom stereocenters. The minimum Gasteiger partial charge on any atom is -0.508 e. The summed E-state index contributed by atoms with van der Waals surface area (Å²) in [5.41, 5.74) is 4.50. The third-order valence-electron chi connectivity index (χ3n) is 13.7. The Kier molecular flexibility index (Phi) is 13.0. The molecular formula is C51H59N9O5. The molecule has 14 heteroatoms. The van der Waals surface area contributed by atoms with Crippen LogP contribution in [0, 0.1) is 0 Å². The highest BCUT2D eigenvalue weighted by molar-refractivity contribution is 6.13. The van der Waals surface area contributed by atoms with Crippen LogP contribution in [0.3, 0.4) is 0 Å². The van der Waals surface area contributed by atoms with Gasteiger partial charge in [0.2, 0.25) is 17.7 Å². The highest BCUT2D eigenvalue weighted by Gasteiger charge is 2.51. The van der Waals surface area contributed by atoms with E-state index >= 15 is 0 Å². The molecule has 9 rings (SSSR count). The number of anilines is 2. The molecule has 4 amide bonds. The average molecular weight is 878 g/mol. The standard InChI is InChI=1S/C51H59N9O5/c1-3-25-58-35-48(63)59-44(30-37-15-19-41(61)20-16-37)51(65)57(34-46(59)60(58)47(62)22-17-36-11-6-4-7-12-36)32-38-13-10-14-42-43(33-54(2)49(38)42)50(64)53-39-18-21-45(52-31-39)56-28-23-40(24-29-56)55-26-8-5-9-27-55/h3-4,6-7,10-16,18-21,31,33,40,44,46,61H,1,5,8-9,17,22-30,32,34-35H2,2H3,(H,53,64). The quantitative estimate of drug-likeness (QED) is 0.137. The van der Waals surface area contributed by atoms with Crippen molar-refractivity contribution in [3.8, 4) is 5.75 Å². The second-order valence-electron chi connectivity index (χ2n) is 17.9. The summed E-state index contributed by atoms with van der Waals surface area (Å²) in [6.45, 7) is 8.73. The normalized spacial score (nSPS) is 20.0. The molecule has 0 radical (unpaired) electrons. The molecule has 2 N–H and O–H groups in total. The number of phenolic OH excluding ortho intramolecular Hbond substituents is 1. The molecule has 14 nitrogen and oxygen atoms in total. The van der Waals surface area contributed by atoms with E-state index in [9.17, 15) is 24.3 Å². The van der Waals surface area contributed by atoms with Crippen LogP contribution in [0.15, 0.2) is 110 Å². The van der Waals surface area contributed by atoms with E-state index < -0.39 is 12.2 Å². The number of piperidine rings is 2. The van der Waals surface area contributed by atoms with Gasteiger partial charge in [-0.1, -0.05) is 73.2 Å². The summed E-state index contributed by atoms with van der Waals surface area (Å²) < 4.78 is 1.92. The first-order valence-electron chi connectivity index (χ1n) is 23.1. The maximum atomic E-state index is 14.8. The molecule has 65 heavy (non-hydrogen) atoms. The molecule has 338 valence electrons. The number of piperazine rings is 1. The molecule has 4 aliphatic heterocycles. The first kappa shape index (κ1) is 43.7. The summed E-state index contributed by atoms with van der Waals surface area (Å²) >= 11 is 0. The zero-order valence-electron chi connectivity index (χ0n) is 37.2. The van der Waals surface area contributed by atoms with Crippen LogP contribution in [0.5, 0.6) is 5.75 Å². The molecular weight excluding hydrogens is 819 g/mol. The van der Waals surface area contributed by atoms with E-state index in [0.717, 1.165) is 59.3 Å². The molecule has 0 aliphatic carbocycles. The summed E-state index contributed by atoms with van der Waals surface area (Å²) in [6, 6.07) is 25.8. The summed E-state index contributed by atoms with van der Waals surface area (Å²) in [5, 5.41) is 17.2. The fourth-order valence-electron chi connectivity index (χ4n) is 10.4. The van der Waals surface area contributed by atoms with Crippen LogP contribution in [0.1, 0.15) is 65.6 Å². The number of rotatable bonds is 13. The number of likely N-dealkylation sites (tertiary alicyclic amines) is 1. The van der Waals surface area contributed by atoms with Gasteiger partial charge in [-0.2, -0.15) is 0 Å². The summed E-state index contributed by atoms with van der Waals surface area (Å²) in [4.78, 5) is 70.4. The molecule has 3 aromatic carbocycles. The third kappa shape index (κ3) is 9.36. The number of carbonyl (C=O) groups excluding carboxylic acids is 4. The van der Waals surface area contributed by atoms with Crippen LogP contribution in [0.4, 0.5) is 11.5 Å². The number of carbonyl (C=O) groups is 4. The number of hydrazine groups is 1. The van der Waals surface area contributed by atoms with Gasteiger partial charge in [-0.05, 0) is 86.1 Å². The number of nitrogens with one attached hydrogen (secondary N) is 1. The van der Waals surface area contributed by atoms with Crippen molar-refractivity contribution >= 4 is 46.0 Å². The van der Waals surface area contributed by atoms with E-state index in [4.69, 9.17) is 4.98 Å². The van der Waals surface area contributed by atoms with E-state index in [1.165, 1.54) is 32.4 Å². The highest BCUT2D eigenvalue weighted by Crippen LogP contribution is 2.33. The number of fused-ring (bicyclic) bond motifs is 2. The van der Waals surface area contributed by atoms with Crippen LogP contribution in [-0.4, -0.2) is 127 Å². The van der Waals surface area contributed by atoms with Crippen molar-refractivity contribution < 1.29 is 24.3 Å². The van der Waals surface area contributed by atoms with E-state index in [1.54, 1.807) is 56.4 Å². The van der Waals surface area contributed by atoms with Gasteiger partial charge in [-0.15, -0.1) is 6.58 Å². The number of pyridine rings is 1. The van der Waals surface area contributed by atoms with Gasteiger partial charge in [0, 0.05) is 63.7 Å². The monoisotopic (exact) mass is 877 g/mol. The van der Waals surface area contributed by atoms with Gasteiger partial charge in [-0.25, -0.2) is 15.0 Å². The second kappa shape index (κ2) is 19.3. The molecule has 2 aromatic heterocycles. The number of phenols is 1. The number of hydrogen-bond acceptors (Lipinski definition) is 9. The molecule has 6 heterocycles. The Labute approximate surface area is 380 Å². The van der Waals surface area contributed by atoms with Gasteiger partial charge in [0.05, 0.1) is 36.1 Å². The lowest BCUT2D eigenvalue weighted by molar-refractivity contribution is -0.205. The van der Waals surface area contributed by atoms with Gasteiger partial charge in [0.1, 0.15) is 23.8 Å². The number of aromatic nitrogens is 2. The molecule has 0 saturated carbocycles. The van der Waals surface area contributed by atoms with Gasteiger partial charge in [-0.3, -0.25) is 19.2 Å². The summed E-state index contributed by atoms with van der Waals surface area (Å²) in [6.07, 6.45) is 11.6. The zero-order valence-corrected chi connectivity index (χ0v) is 37.2. The predicted octanol–water partition coefficient (Wildman–Crippen LogP) is 5.97. The SMILES string of the molecule is C=CCN1CC(=O)N2C(Cc3ccc(O)cc3)C(=O)N(Cc3cccc4c(C(=O)Nc5ccc(N6CCC(N7CCCCC7)CC6)nc5)cn(C)c34)CC2N1C(=O)CCc1ccccc1. The third-order valence-corrected chi connectivity index (χ3v) is 13.7. The van der Waals surface area contributed by atoms with Gasteiger partial charge >= 0.3 is 0 Å².